The lowest BCUT2D eigenvalue weighted by atomic mass is 10.2. The second-order valence-corrected chi connectivity index (χ2v) is 5.79. The summed E-state index contributed by atoms with van der Waals surface area (Å²) in [6, 6.07) is 11.6. The number of allylic oxidation sites excluding steroid dienone is 1. The molecule has 2 aromatic carbocycles. The summed E-state index contributed by atoms with van der Waals surface area (Å²) in [5.41, 5.74) is 0.558. The predicted octanol–water partition coefficient (Wildman–Crippen LogP) is 6.62. The topological polar surface area (TPSA) is 18.5 Å². The van der Waals surface area contributed by atoms with Gasteiger partial charge in [-0.25, -0.2) is 0 Å². The summed E-state index contributed by atoms with van der Waals surface area (Å²) in [7, 11) is 0. The molecule has 2 aromatic rings. The van der Waals surface area contributed by atoms with Crippen LogP contribution in [0, 0.1) is 0 Å². The molecule has 5 heteroatoms. The molecule has 0 saturated heterocycles. The first-order chi connectivity index (χ1) is 11.8. The standard InChI is InChI=1S/C20H21F3O2/c1-4-14(2)13-15(3)24-17-9-11-19(12-10-17)25-18-7-5-16(6-8-18)20(21,22)23/h5-13,15H,4H2,1-3H3. The molecule has 0 saturated carbocycles. The summed E-state index contributed by atoms with van der Waals surface area (Å²) in [5, 5.41) is 0. The molecule has 0 spiro atoms. The number of hydrogen-bond donors (Lipinski definition) is 0. The fourth-order valence-electron chi connectivity index (χ4n) is 2.20. The van der Waals surface area contributed by atoms with Crippen molar-refractivity contribution >= 4 is 0 Å². The molecule has 0 radical (unpaired) electrons. The van der Waals surface area contributed by atoms with Gasteiger partial charge in [-0.1, -0.05) is 12.5 Å². The van der Waals surface area contributed by atoms with E-state index in [2.05, 4.69) is 19.9 Å². The van der Waals surface area contributed by atoms with Crippen LogP contribution in [0.5, 0.6) is 17.2 Å². The summed E-state index contributed by atoms with van der Waals surface area (Å²) in [4.78, 5) is 0. The SMILES string of the molecule is CCC(C)=CC(C)Oc1ccc(Oc2ccc(C(F)(F)F)cc2)cc1. The number of benzene rings is 2. The molecule has 1 atom stereocenters. The fraction of sp³-hybridized carbons (Fsp3) is 0.300. The Labute approximate surface area is 145 Å². The van der Waals surface area contributed by atoms with Crippen molar-refractivity contribution in [3.05, 3.63) is 65.7 Å². The lowest BCUT2D eigenvalue weighted by molar-refractivity contribution is -0.137. The van der Waals surface area contributed by atoms with Crippen LogP contribution in [-0.2, 0) is 6.18 Å². The maximum absolute atomic E-state index is 12.5. The van der Waals surface area contributed by atoms with Gasteiger partial charge in [0.25, 0.3) is 0 Å². The molecule has 0 heterocycles. The van der Waals surface area contributed by atoms with Crippen LogP contribution in [0.2, 0.25) is 0 Å². The monoisotopic (exact) mass is 350 g/mol. The zero-order chi connectivity index (χ0) is 18.4. The van der Waals surface area contributed by atoms with Gasteiger partial charge in [0.1, 0.15) is 23.4 Å². The molecular weight excluding hydrogens is 329 g/mol. The first-order valence-corrected chi connectivity index (χ1v) is 8.07. The molecule has 1 unspecified atom stereocenters. The summed E-state index contributed by atoms with van der Waals surface area (Å²) in [6.07, 6.45) is -1.35. The van der Waals surface area contributed by atoms with Crippen molar-refractivity contribution in [1.82, 2.24) is 0 Å². The smallest absolute Gasteiger partial charge is 0.416 e. The maximum atomic E-state index is 12.5. The van der Waals surface area contributed by atoms with Crippen LogP contribution >= 0.6 is 0 Å². The third kappa shape index (κ3) is 5.85. The normalized spacial score (nSPS) is 13.4. The van der Waals surface area contributed by atoms with Gasteiger partial charge in [0, 0.05) is 0 Å². The minimum atomic E-state index is -4.35. The third-order valence-corrected chi connectivity index (χ3v) is 3.64. The molecule has 0 aliphatic heterocycles. The zero-order valence-electron chi connectivity index (χ0n) is 14.4. The molecule has 0 aliphatic carbocycles. The van der Waals surface area contributed by atoms with Crippen molar-refractivity contribution in [1.29, 1.82) is 0 Å². The molecule has 134 valence electrons. The van der Waals surface area contributed by atoms with E-state index in [0.717, 1.165) is 18.6 Å². The number of ether oxygens (including phenoxy) is 2. The van der Waals surface area contributed by atoms with Gasteiger partial charge < -0.3 is 9.47 Å². The van der Waals surface area contributed by atoms with Crippen LogP contribution in [0.3, 0.4) is 0 Å². The number of rotatable bonds is 6. The van der Waals surface area contributed by atoms with E-state index in [1.54, 1.807) is 24.3 Å². The van der Waals surface area contributed by atoms with Crippen LogP contribution in [0.4, 0.5) is 13.2 Å². The highest BCUT2D eigenvalue weighted by atomic mass is 19.4. The molecule has 0 fully saturated rings. The van der Waals surface area contributed by atoms with Gasteiger partial charge in [-0.15, -0.1) is 0 Å². The molecule has 0 aromatic heterocycles. The van der Waals surface area contributed by atoms with Gasteiger partial charge in [0.15, 0.2) is 0 Å². The van der Waals surface area contributed by atoms with Gasteiger partial charge in [-0.05, 0) is 74.9 Å². The Balaban J connectivity index is 1.98. The zero-order valence-corrected chi connectivity index (χ0v) is 14.4. The molecule has 0 N–H and O–H groups in total. The average Bonchev–Trinajstić information content (AvgIpc) is 2.56. The second kappa shape index (κ2) is 8.10. The molecule has 0 amide bonds. The highest BCUT2D eigenvalue weighted by molar-refractivity contribution is 5.37. The largest absolute Gasteiger partial charge is 0.487 e. The van der Waals surface area contributed by atoms with Crippen molar-refractivity contribution in [2.24, 2.45) is 0 Å². The first kappa shape index (κ1) is 18.9. The van der Waals surface area contributed by atoms with Crippen molar-refractivity contribution in [3.63, 3.8) is 0 Å². The Bertz CT molecular complexity index is 701. The maximum Gasteiger partial charge on any atom is 0.416 e. The van der Waals surface area contributed by atoms with Crippen LogP contribution in [0.25, 0.3) is 0 Å². The highest BCUT2D eigenvalue weighted by Gasteiger charge is 2.30. The van der Waals surface area contributed by atoms with Crippen LogP contribution in [-0.4, -0.2) is 6.10 Å². The van der Waals surface area contributed by atoms with Gasteiger partial charge in [-0.3, -0.25) is 0 Å². The Morgan fingerprint density at radius 2 is 1.44 bits per heavy atom. The predicted molar refractivity (Wildman–Crippen MR) is 92.1 cm³/mol. The summed E-state index contributed by atoms with van der Waals surface area (Å²) < 4.78 is 49.0. The van der Waals surface area contributed by atoms with Crippen LogP contribution in [0.1, 0.15) is 32.8 Å². The van der Waals surface area contributed by atoms with Crippen molar-refractivity contribution in [2.45, 2.75) is 39.5 Å². The van der Waals surface area contributed by atoms with Gasteiger partial charge in [0.05, 0.1) is 5.56 Å². The van der Waals surface area contributed by atoms with Crippen molar-refractivity contribution < 1.29 is 22.6 Å². The Kier molecular flexibility index (Phi) is 6.12. The van der Waals surface area contributed by atoms with E-state index in [0.29, 0.717) is 17.2 Å². The lowest BCUT2D eigenvalue weighted by Crippen LogP contribution is -2.08. The first-order valence-electron chi connectivity index (χ1n) is 8.07. The number of halogens is 3. The third-order valence-electron chi connectivity index (χ3n) is 3.64. The second-order valence-electron chi connectivity index (χ2n) is 5.79. The van der Waals surface area contributed by atoms with Crippen molar-refractivity contribution in [3.8, 4) is 17.2 Å². The molecule has 25 heavy (non-hydrogen) atoms. The number of alkyl halides is 3. The summed E-state index contributed by atoms with van der Waals surface area (Å²) in [6.45, 7) is 6.11. The Morgan fingerprint density at radius 3 is 1.92 bits per heavy atom. The van der Waals surface area contributed by atoms with E-state index in [4.69, 9.17) is 9.47 Å². The molecular formula is C20H21F3O2. The van der Waals surface area contributed by atoms with E-state index in [-0.39, 0.29) is 6.10 Å². The minimum Gasteiger partial charge on any atom is -0.487 e. The van der Waals surface area contributed by atoms with E-state index in [1.165, 1.54) is 17.7 Å². The van der Waals surface area contributed by atoms with E-state index >= 15 is 0 Å². The molecule has 0 bridgehead atoms. The fourth-order valence-corrected chi connectivity index (χ4v) is 2.20. The average molecular weight is 350 g/mol. The summed E-state index contributed by atoms with van der Waals surface area (Å²) >= 11 is 0. The van der Waals surface area contributed by atoms with Gasteiger partial charge in [-0.2, -0.15) is 13.2 Å². The minimum absolute atomic E-state index is 0.0402. The van der Waals surface area contributed by atoms with Gasteiger partial charge >= 0.3 is 6.18 Å². The molecule has 2 rings (SSSR count). The van der Waals surface area contributed by atoms with Crippen LogP contribution < -0.4 is 9.47 Å². The lowest BCUT2D eigenvalue weighted by Gasteiger charge is -2.13. The highest BCUT2D eigenvalue weighted by Crippen LogP contribution is 2.31. The number of hydrogen-bond acceptors (Lipinski definition) is 2. The molecule has 0 aliphatic rings. The Hall–Kier alpha value is -2.43. The van der Waals surface area contributed by atoms with Gasteiger partial charge in [0.2, 0.25) is 0 Å². The van der Waals surface area contributed by atoms with Crippen LogP contribution in [0.15, 0.2) is 60.2 Å². The Morgan fingerprint density at radius 1 is 0.960 bits per heavy atom. The molecule has 2 nitrogen and oxygen atoms in total. The van der Waals surface area contributed by atoms with E-state index in [9.17, 15) is 13.2 Å². The summed E-state index contributed by atoms with van der Waals surface area (Å²) in [5.74, 6) is 1.57. The van der Waals surface area contributed by atoms with E-state index < -0.39 is 11.7 Å². The van der Waals surface area contributed by atoms with Crippen molar-refractivity contribution in [2.75, 3.05) is 0 Å². The quantitative estimate of drug-likeness (QED) is 0.545. The van der Waals surface area contributed by atoms with E-state index in [1.807, 2.05) is 6.92 Å².